The van der Waals surface area contributed by atoms with Crippen LogP contribution in [0.5, 0.6) is 0 Å². The molecule has 1 aliphatic rings. The minimum atomic E-state index is -2.86. The SMILES string of the molecule is CCCP(=O)(O)C1CCC(N)C1. The lowest BCUT2D eigenvalue weighted by Gasteiger charge is -2.17. The molecular weight excluding hydrogens is 173 g/mol. The van der Waals surface area contributed by atoms with Crippen molar-refractivity contribution >= 4 is 7.37 Å². The van der Waals surface area contributed by atoms with E-state index in [1.54, 1.807) is 0 Å². The van der Waals surface area contributed by atoms with E-state index in [1.807, 2.05) is 6.92 Å². The van der Waals surface area contributed by atoms with Gasteiger partial charge in [0.2, 0.25) is 7.37 Å². The monoisotopic (exact) mass is 191 g/mol. The van der Waals surface area contributed by atoms with Gasteiger partial charge in [0, 0.05) is 17.9 Å². The van der Waals surface area contributed by atoms with Gasteiger partial charge in [-0.25, -0.2) is 0 Å². The van der Waals surface area contributed by atoms with Crippen LogP contribution in [-0.2, 0) is 4.57 Å². The second-order valence-electron chi connectivity index (χ2n) is 3.71. The summed E-state index contributed by atoms with van der Waals surface area (Å²) < 4.78 is 11.7. The Hall–Kier alpha value is 0.150. The molecule has 1 saturated carbocycles. The molecule has 1 aliphatic carbocycles. The molecule has 0 aliphatic heterocycles. The van der Waals surface area contributed by atoms with Gasteiger partial charge in [-0.1, -0.05) is 6.92 Å². The van der Waals surface area contributed by atoms with Crippen molar-refractivity contribution in [1.82, 2.24) is 0 Å². The highest BCUT2D eigenvalue weighted by Crippen LogP contribution is 2.52. The van der Waals surface area contributed by atoms with E-state index in [1.165, 1.54) is 0 Å². The Morgan fingerprint density at radius 2 is 2.25 bits per heavy atom. The number of rotatable bonds is 3. The fourth-order valence-electron chi connectivity index (χ4n) is 1.86. The summed E-state index contributed by atoms with van der Waals surface area (Å²) in [7, 11) is -2.86. The van der Waals surface area contributed by atoms with Gasteiger partial charge in [-0.3, -0.25) is 4.57 Å². The summed E-state index contributed by atoms with van der Waals surface area (Å²) in [5, 5.41) is 0. The molecule has 0 heterocycles. The number of nitrogens with two attached hydrogens (primary N) is 1. The maximum atomic E-state index is 11.7. The smallest absolute Gasteiger partial charge is 0.203 e. The second-order valence-corrected chi connectivity index (χ2v) is 6.39. The van der Waals surface area contributed by atoms with Crippen LogP contribution in [0, 0.1) is 0 Å². The normalized spacial score (nSPS) is 34.9. The van der Waals surface area contributed by atoms with E-state index < -0.39 is 7.37 Å². The summed E-state index contributed by atoms with van der Waals surface area (Å²) in [6, 6.07) is 0.160. The fraction of sp³-hybridized carbons (Fsp3) is 1.00. The van der Waals surface area contributed by atoms with Gasteiger partial charge in [-0.05, 0) is 25.7 Å². The minimum absolute atomic E-state index is 0.00699. The highest BCUT2D eigenvalue weighted by atomic mass is 31.2. The second kappa shape index (κ2) is 3.91. The van der Waals surface area contributed by atoms with E-state index >= 15 is 0 Å². The Bertz CT molecular complexity index is 195. The summed E-state index contributed by atoms with van der Waals surface area (Å²) in [6.07, 6.45) is 3.76. The van der Waals surface area contributed by atoms with Crippen molar-refractivity contribution in [3.05, 3.63) is 0 Å². The summed E-state index contributed by atoms with van der Waals surface area (Å²) in [4.78, 5) is 9.63. The van der Waals surface area contributed by atoms with Crippen LogP contribution in [0.4, 0.5) is 0 Å². The maximum absolute atomic E-state index is 11.7. The van der Waals surface area contributed by atoms with Crippen LogP contribution >= 0.6 is 7.37 Å². The molecule has 0 amide bonds. The molecular formula is C8H18NO2P. The largest absolute Gasteiger partial charge is 0.344 e. The Labute approximate surface area is 73.8 Å². The van der Waals surface area contributed by atoms with Crippen molar-refractivity contribution in [3.63, 3.8) is 0 Å². The molecule has 1 fully saturated rings. The van der Waals surface area contributed by atoms with Crippen LogP contribution in [-0.4, -0.2) is 22.8 Å². The third kappa shape index (κ3) is 2.32. The van der Waals surface area contributed by atoms with Crippen LogP contribution in [0.25, 0.3) is 0 Å². The van der Waals surface area contributed by atoms with Gasteiger partial charge < -0.3 is 10.6 Å². The molecule has 12 heavy (non-hydrogen) atoms. The zero-order valence-corrected chi connectivity index (χ0v) is 8.46. The summed E-state index contributed by atoms with van der Waals surface area (Å²) in [6.45, 7) is 1.94. The van der Waals surface area contributed by atoms with E-state index in [9.17, 15) is 9.46 Å². The average Bonchev–Trinajstić information content (AvgIpc) is 2.36. The molecule has 3 atom stereocenters. The molecule has 0 radical (unpaired) electrons. The highest BCUT2D eigenvalue weighted by molar-refractivity contribution is 7.58. The molecule has 0 bridgehead atoms. The van der Waals surface area contributed by atoms with Crippen molar-refractivity contribution in [1.29, 1.82) is 0 Å². The lowest BCUT2D eigenvalue weighted by Crippen LogP contribution is -2.16. The van der Waals surface area contributed by atoms with Gasteiger partial charge in [0.05, 0.1) is 0 Å². The molecule has 0 aromatic carbocycles. The quantitative estimate of drug-likeness (QED) is 0.665. The first-order valence-electron chi connectivity index (χ1n) is 4.63. The number of hydrogen-bond acceptors (Lipinski definition) is 2. The van der Waals surface area contributed by atoms with Crippen molar-refractivity contribution in [3.8, 4) is 0 Å². The van der Waals surface area contributed by atoms with Crippen molar-refractivity contribution < 1.29 is 9.46 Å². The van der Waals surface area contributed by atoms with Crippen molar-refractivity contribution in [2.24, 2.45) is 5.73 Å². The van der Waals surface area contributed by atoms with E-state index in [-0.39, 0.29) is 11.7 Å². The molecule has 0 spiro atoms. The number of hydrogen-bond donors (Lipinski definition) is 2. The lowest BCUT2D eigenvalue weighted by atomic mass is 10.3. The molecule has 3 unspecified atom stereocenters. The van der Waals surface area contributed by atoms with Crippen LogP contribution in [0.3, 0.4) is 0 Å². The van der Waals surface area contributed by atoms with Crippen LogP contribution in [0.15, 0.2) is 0 Å². The van der Waals surface area contributed by atoms with Crippen LogP contribution in [0.2, 0.25) is 0 Å². The van der Waals surface area contributed by atoms with Crippen LogP contribution < -0.4 is 5.73 Å². The molecule has 72 valence electrons. The topological polar surface area (TPSA) is 63.3 Å². The zero-order chi connectivity index (χ0) is 9.19. The first-order valence-corrected chi connectivity index (χ1v) is 6.54. The molecule has 0 aromatic rings. The molecule has 3 nitrogen and oxygen atoms in total. The lowest BCUT2D eigenvalue weighted by molar-refractivity contribution is 0.460. The average molecular weight is 191 g/mol. The maximum Gasteiger partial charge on any atom is 0.203 e. The van der Waals surface area contributed by atoms with E-state index in [4.69, 9.17) is 5.73 Å². The van der Waals surface area contributed by atoms with E-state index in [2.05, 4.69) is 0 Å². The van der Waals surface area contributed by atoms with Crippen molar-refractivity contribution in [2.75, 3.05) is 6.16 Å². The molecule has 0 saturated heterocycles. The first kappa shape index (κ1) is 10.2. The minimum Gasteiger partial charge on any atom is -0.344 e. The highest BCUT2D eigenvalue weighted by Gasteiger charge is 2.35. The molecule has 1 rings (SSSR count). The Morgan fingerprint density at radius 1 is 1.58 bits per heavy atom. The molecule has 0 aromatic heterocycles. The summed E-state index contributed by atoms with van der Waals surface area (Å²) in [5.74, 6) is 0. The van der Waals surface area contributed by atoms with Gasteiger partial charge in [-0.15, -0.1) is 0 Å². The standard InChI is InChI=1S/C8H18NO2P/c1-2-5-12(10,11)8-4-3-7(9)6-8/h7-8H,2-6,9H2,1H3,(H,10,11). The summed E-state index contributed by atoms with van der Waals surface area (Å²) >= 11 is 0. The van der Waals surface area contributed by atoms with Crippen molar-refractivity contribution in [2.45, 2.75) is 44.3 Å². The summed E-state index contributed by atoms with van der Waals surface area (Å²) in [5.41, 5.74) is 5.68. The van der Waals surface area contributed by atoms with Gasteiger partial charge >= 0.3 is 0 Å². The fourth-order valence-corrected chi connectivity index (χ4v) is 4.02. The van der Waals surface area contributed by atoms with Gasteiger partial charge in [0.15, 0.2) is 0 Å². The molecule has 4 heteroatoms. The Morgan fingerprint density at radius 3 is 2.67 bits per heavy atom. The van der Waals surface area contributed by atoms with Gasteiger partial charge in [0.1, 0.15) is 0 Å². The third-order valence-electron chi connectivity index (χ3n) is 2.56. The Kier molecular flexibility index (Phi) is 3.33. The first-order chi connectivity index (χ1) is 5.56. The zero-order valence-electron chi connectivity index (χ0n) is 7.57. The predicted octanol–water partition coefficient (Wildman–Crippen LogP) is 1.55. The van der Waals surface area contributed by atoms with E-state index in [0.717, 1.165) is 25.7 Å². The van der Waals surface area contributed by atoms with Crippen LogP contribution in [0.1, 0.15) is 32.6 Å². The van der Waals surface area contributed by atoms with E-state index in [0.29, 0.717) is 6.16 Å². The molecule has 3 N–H and O–H groups in total. The van der Waals surface area contributed by atoms with Gasteiger partial charge in [0.25, 0.3) is 0 Å². The third-order valence-corrected chi connectivity index (χ3v) is 5.26. The predicted molar refractivity (Wildman–Crippen MR) is 50.6 cm³/mol. The Balaban J connectivity index is 2.51. The van der Waals surface area contributed by atoms with Gasteiger partial charge in [-0.2, -0.15) is 0 Å².